The summed E-state index contributed by atoms with van der Waals surface area (Å²) in [6, 6.07) is 4.38. The van der Waals surface area contributed by atoms with Crippen LogP contribution in [-0.2, 0) is 20.8 Å². The van der Waals surface area contributed by atoms with E-state index >= 15 is 0 Å². The minimum atomic E-state index is -0.296. The summed E-state index contributed by atoms with van der Waals surface area (Å²) in [5.41, 5.74) is 6.78. The molecule has 1 atom stereocenters. The Bertz CT molecular complexity index is 1640. The zero-order valence-corrected chi connectivity index (χ0v) is 30.7. The van der Waals surface area contributed by atoms with Gasteiger partial charge in [-0.1, -0.05) is 54.4 Å². The molecule has 1 aromatic carbocycles. The van der Waals surface area contributed by atoms with Crippen LogP contribution in [0, 0.1) is 11.8 Å². The van der Waals surface area contributed by atoms with Gasteiger partial charge in [-0.05, 0) is 92.7 Å². The van der Waals surface area contributed by atoms with E-state index in [1.54, 1.807) is 0 Å². The van der Waals surface area contributed by atoms with Crippen molar-refractivity contribution >= 4 is 40.3 Å². The number of allylic oxidation sites excluding steroid dienone is 6. The third-order valence-electron chi connectivity index (χ3n) is 10.00. The fourth-order valence-corrected chi connectivity index (χ4v) is 7.41. The Labute approximate surface area is 293 Å². The van der Waals surface area contributed by atoms with Crippen LogP contribution < -0.4 is 10.2 Å². The third-order valence-corrected chi connectivity index (χ3v) is 10.00. The van der Waals surface area contributed by atoms with Crippen molar-refractivity contribution in [1.29, 1.82) is 0 Å². The number of aliphatic hydroxyl groups is 1. The number of aliphatic imine (C=N–C) groups is 1. The summed E-state index contributed by atoms with van der Waals surface area (Å²) < 4.78 is 0. The zero-order valence-electron chi connectivity index (χ0n) is 30.7. The summed E-state index contributed by atoms with van der Waals surface area (Å²) in [6.07, 6.45) is 12.6. The Balaban J connectivity index is 1.63. The third kappa shape index (κ3) is 7.94. The number of nitrogens with one attached hydrogen (secondary N) is 1. The minimum absolute atomic E-state index is 0.109. The first-order valence-electron chi connectivity index (χ1n) is 18.7. The number of benzene rings is 1. The molecular weight excluding hydrogens is 612 g/mol. The van der Waals surface area contributed by atoms with E-state index in [1.807, 2.05) is 52.0 Å². The van der Waals surface area contributed by atoms with Crippen LogP contribution in [0.1, 0.15) is 117 Å². The summed E-state index contributed by atoms with van der Waals surface area (Å²) in [5, 5.41) is 14.9. The van der Waals surface area contributed by atoms with Crippen LogP contribution in [0.3, 0.4) is 0 Å². The smallest absolute Gasteiger partial charge is 0.246 e. The molecule has 1 saturated heterocycles. The number of carbonyl (C=O) groups excluding carboxylic acids is 3. The van der Waals surface area contributed by atoms with E-state index in [9.17, 15) is 19.5 Å². The van der Waals surface area contributed by atoms with Crippen LogP contribution in [0.2, 0.25) is 0 Å². The predicted molar refractivity (Wildman–Crippen MR) is 200 cm³/mol. The molecule has 0 aromatic heterocycles. The number of unbranched alkanes of at least 4 members (excludes halogenated alkanes) is 2. The second-order valence-electron chi connectivity index (χ2n) is 15.1. The maximum atomic E-state index is 14.3. The fraction of sp³-hybridized carbons (Fsp3) is 0.561. The summed E-state index contributed by atoms with van der Waals surface area (Å²) in [4.78, 5) is 49.8. The Morgan fingerprint density at radius 1 is 0.980 bits per heavy atom. The second-order valence-corrected chi connectivity index (χ2v) is 15.1. The lowest BCUT2D eigenvalue weighted by atomic mass is 9.76. The number of amides is 2. The van der Waals surface area contributed by atoms with Gasteiger partial charge in [-0.3, -0.25) is 14.4 Å². The van der Waals surface area contributed by atoms with Crippen LogP contribution in [0.25, 0.3) is 5.57 Å². The maximum absolute atomic E-state index is 14.3. The largest absolute Gasteiger partial charge is 0.506 e. The van der Waals surface area contributed by atoms with Gasteiger partial charge in [0.1, 0.15) is 5.76 Å². The van der Waals surface area contributed by atoms with E-state index in [1.165, 1.54) is 0 Å². The molecule has 8 heteroatoms. The standard InChI is InChI=1S/C41H56N4O4/c1-8-10-16-44-17-12-13-28-21-30(32(23-34(28)44)42-36(46)19-25(3)4)38-40(48)39(41(38)49)31-22-29-15-14-27(7)45(18-11-9-2)35(29)24-33(31)43-37(47)20-26(5)6/h21-27,48H,8-20H2,1-7H3,(H,43,47). The Morgan fingerprint density at radius 2 is 1.69 bits per heavy atom. The van der Waals surface area contributed by atoms with Crippen LogP contribution in [0.4, 0.5) is 11.4 Å². The lowest BCUT2D eigenvalue weighted by molar-refractivity contribution is -0.118. The van der Waals surface area contributed by atoms with Crippen molar-refractivity contribution in [3.63, 3.8) is 0 Å². The highest BCUT2D eigenvalue weighted by Gasteiger charge is 2.41. The van der Waals surface area contributed by atoms with Crippen molar-refractivity contribution in [1.82, 2.24) is 4.90 Å². The molecular formula is C41H56N4O4. The molecule has 264 valence electrons. The molecule has 49 heavy (non-hydrogen) atoms. The van der Waals surface area contributed by atoms with Gasteiger partial charge in [-0.25, -0.2) is 4.99 Å². The molecule has 8 nitrogen and oxygen atoms in total. The van der Waals surface area contributed by atoms with Gasteiger partial charge in [0, 0.05) is 61.0 Å². The number of ketones is 1. The predicted octanol–water partition coefficient (Wildman–Crippen LogP) is 8.49. The normalized spacial score (nSPS) is 21.5. The van der Waals surface area contributed by atoms with Gasteiger partial charge in [0.2, 0.25) is 17.6 Å². The van der Waals surface area contributed by atoms with Crippen molar-refractivity contribution < 1.29 is 19.5 Å². The fourth-order valence-electron chi connectivity index (χ4n) is 7.41. The molecule has 2 aliphatic heterocycles. The Kier molecular flexibility index (Phi) is 11.7. The average Bonchev–Trinajstić information content (AvgIpc) is 3.03. The average molecular weight is 669 g/mol. The molecule has 2 N–H and O–H groups in total. The van der Waals surface area contributed by atoms with Crippen molar-refractivity contribution in [3.8, 4) is 0 Å². The quantitative estimate of drug-likeness (QED) is 0.217. The van der Waals surface area contributed by atoms with Gasteiger partial charge in [-0.2, -0.15) is 0 Å². The molecule has 0 bridgehead atoms. The van der Waals surface area contributed by atoms with Gasteiger partial charge < -0.3 is 20.2 Å². The monoisotopic (exact) mass is 668 g/mol. The van der Waals surface area contributed by atoms with Crippen LogP contribution >= 0.6 is 0 Å². The lowest BCUT2D eigenvalue weighted by Crippen LogP contribution is -2.38. The molecule has 1 fully saturated rings. The number of carbonyl (C=O) groups is 3. The van der Waals surface area contributed by atoms with E-state index < -0.39 is 0 Å². The van der Waals surface area contributed by atoms with Crippen molar-refractivity contribution in [2.24, 2.45) is 16.8 Å². The Morgan fingerprint density at radius 3 is 2.37 bits per heavy atom. The molecule has 1 aromatic rings. The van der Waals surface area contributed by atoms with Gasteiger partial charge in [0.15, 0.2) is 0 Å². The molecule has 0 radical (unpaired) electrons. The first kappa shape index (κ1) is 36.3. The lowest BCUT2D eigenvalue weighted by Gasteiger charge is -2.38. The molecule has 0 spiro atoms. The molecule has 2 aliphatic carbocycles. The van der Waals surface area contributed by atoms with Gasteiger partial charge in [-0.15, -0.1) is 0 Å². The van der Waals surface area contributed by atoms with Gasteiger partial charge >= 0.3 is 0 Å². The number of aliphatic hydroxyl groups excluding tert-OH is 1. The van der Waals surface area contributed by atoms with E-state index in [2.05, 4.69) is 40.9 Å². The van der Waals surface area contributed by atoms with E-state index in [0.717, 1.165) is 93.5 Å². The van der Waals surface area contributed by atoms with Crippen LogP contribution in [0.5, 0.6) is 0 Å². The van der Waals surface area contributed by atoms with Gasteiger partial charge in [0.25, 0.3) is 0 Å². The first-order valence-corrected chi connectivity index (χ1v) is 18.7. The number of hydrogen-bond acceptors (Lipinski definition) is 6. The number of fused-ring (bicyclic) bond motifs is 2. The summed E-state index contributed by atoms with van der Waals surface area (Å²) in [6.45, 7) is 17.4. The molecule has 5 rings (SSSR count). The van der Waals surface area contributed by atoms with Crippen molar-refractivity contribution in [2.45, 2.75) is 119 Å². The first-order chi connectivity index (χ1) is 23.4. The number of aryl methyl sites for hydroxylation is 1. The topological polar surface area (TPSA) is 102 Å². The second kappa shape index (κ2) is 15.7. The number of Topliss-reactive ketones (excluding diaryl/α,β-unsaturated/α-hetero) is 1. The van der Waals surface area contributed by atoms with E-state index in [4.69, 9.17) is 0 Å². The number of likely N-dealkylation sites (tertiary alicyclic amines) is 1. The number of hydrogen-bond donors (Lipinski definition) is 2. The number of rotatable bonds is 12. The molecule has 4 aliphatic rings. The molecule has 1 unspecified atom stereocenters. The molecule has 2 amide bonds. The number of anilines is 2. The van der Waals surface area contributed by atoms with Crippen LogP contribution in [0.15, 0.2) is 57.5 Å². The SMILES string of the molecule is CCCCN1CCCC2=CC(=C3C(=O)C(c4cc5c(cc4NC(=O)CC(C)C)N(CCCC)C(C)CC5)=C3O)C(=NC(=O)CC(C)C)C=C21. The minimum Gasteiger partial charge on any atom is -0.506 e. The number of piperidine rings is 1. The summed E-state index contributed by atoms with van der Waals surface area (Å²) in [7, 11) is 0. The van der Waals surface area contributed by atoms with Crippen molar-refractivity contribution in [2.75, 3.05) is 29.9 Å². The maximum Gasteiger partial charge on any atom is 0.246 e. The highest BCUT2D eigenvalue weighted by atomic mass is 16.3. The zero-order chi connectivity index (χ0) is 35.4. The van der Waals surface area contributed by atoms with E-state index in [-0.39, 0.29) is 46.3 Å². The highest BCUT2D eigenvalue weighted by molar-refractivity contribution is 6.42. The number of nitrogens with zero attached hydrogens (tertiary/aromatic N) is 3. The summed E-state index contributed by atoms with van der Waals surface area (Å²) >= 11 is 0. The van der Waals surface area contributed by atoms with Gasteiger partial charge in [0.05, 0.1) is 22.5 Å². The van der Waals surface area contributed by atoms with Crippen LogP contribution in [-0.4, -0.2) is 59.0 Å². The van der Waals surface area contributed by atoms with E-state index in [0.29, 0.717) is 41.4 Å². The highest BCUT2D eigenvalue weighted by Crippen LogP contribution is 2.46. The molecule has 2 heterocycles. The Hall–Kier alpha value is -3.94. The van der Waals surface area contributed by atoms with Crippen molar-refractivity contribution in [3.05, 3.63) is 63.6 Å². The molecule has 0 saturated carbocycles. The summed E-state index contributed by atoms with van der Waals surface area (Å²) in [5.74, 6) is -0.455.